The van der Waals surface area contributed by atoms with Crippen LogP contribution >= 0.6 is 11.8 Å². The summed E-state index contributed by atoms with van der Waals surface area (Å²) in [5, 5.41) is 3.15. The van der Waals surface area contributed by atoms with Crippen LogP contribution in [0.1, 0.15) is 61.4 Å². The van der Waals surface area contributed by atoms with Crippen LogP contribution in [0.25, 0.3) is 0 Å². The topological polar surface area (TPSA) is 29.1 Å². The van der Waals surface area contributed by atoms with Gasteiger partial charge in [0.05, 0.1) is 11.3 Å². The minimum atomic E-state index is -0.107. The summed E-state index contributed by atoms with van der Waals surface area (Å²) in [6.07, 6.45) is 5.86. The average molecular weight is 368 g/mol. The third-order valence-electron chi connectivity index (χ3n) is 5.20. The van der Waals surface area contributed by atoms with Crippen LogP contribution in [-0.4, -0.2) is 11.2 Å². The number of benzene rings is 2. The first-order chi connectivity index (χ1) is 12.6. The molecule has 26 heavy (non-hydrogen) atoms. The van der Waals surface area contributed by atoms with Gasteiger partial charge in [-0.15, -0.1) is 11.8 Å². The van der Waals surface area contributed by atoms with Gasteiger partial charge in [0, 0.05) is 4.90 Å². The maximum Gasteiger partial charge on any atom is 0.233 e. The van der Waals surface area contributed by atoms with E-state index in [-0.39, 0.29) is 17.2 Å². The van der Waals surface area contributed by atoms with Crippen LogP contribution in [0.5, 0.6) is 0 Å². The van der Waals surface area contributed by atoms with E-state index in [9.17, 15) is 4.79 Å². The van der Waals surface area contributed by atoms with Crippen molar-refractivity contribution in [2.45, 2.75) is 69.1 Å². The van der Waals surface area contributed by atoms with Crippen molar-refractivity contribution in [1.82, 2.24) is 5.32 Å². The van der Waals surface area contributed by atoms with Crippen molar-refractivity contribution in [3.63, 3.8) is 0 Å². The van der Waals surface area contributed by atoms with Gasteiger partial charge in [0.2, 0.25) is 5.91 Å². The fourth-order valence-corrected chi connectivity index (χ4v) is 4.43. The van der Waals surface area contributed by atoms with E-state index in [4.69, 9.17) is 0 Å². The van der Waals surface area contributed by atoms with Crippen LogP contribution in [0.2, 0.25) is 0 Å². The number of rotatable bonds is 6. The van der Waals surface area contributed by atoms with Gasteiger partial charge in [-0.2, -0.15) is 0 Å². The molecular formula is C23H29NOS. The minimum absolute atomic E-state index is 0.0933. The Hall–Kier alpha value is -1.74. The lowest BCUT2D eigenvalue weighted by Crippen LogP contribution is -2.34. The Morgan fingerprint density at radius 3 is 2.46 bits per heavy atom. The first kappa shape index (κ1) is 19.0. The van der Waals surface area contributed by atoms with E-state index >= 15 is 0 Å². The van der Waals surface area contributed by atoms with Crippen LogP contribution in [0, 0.1) is 6.92 Å². The van der Waals surface area contributed by atoms with Crippen LogP contribution < -0.4 is 5.32 Å². The molecule has 1 N–H and O–H groups in total. The molecule has 0 heterocycles. The summed E-state index contributed by atoms with van der Waals surface area (Å²) >= 11 is 1.62. The molecule has 3 rings (SSSR count). The molecule has 0 spiro atoms. The lowest BCUT2D eigenvalue weighted by atomic mass is 9.89. The molecule has 138 valence electrons. The fraction of sp³-hybridized carbons (Fsp3) is 0.435. The standard InChI is InChI=1S/C23H29NOS/c1-4-22(20-12-11-18-7-5-6-8-19(18)15-20)24-23(25)17(3)26-21-13-9-16(2)10-14-21/h9-15,17,22H,4-8H2,1-3H3,(H,24,25). The Morgan fingerprint density at radius 2 is 1.77 bits per heavy atom. The maximum absolute atomic E-state index is 12.7. The smallest absolute Gasteiger partial charge is 0.233 e. The van der Waals surface area contributed by atoms with E-state index in [1.54, 1.807) is 11.8 Å². The molecule has 0 fully saturated rings. The molecule has 2 aromatic carbocycles. The lowest BCUT2D eigenvalue weighted by molar-refractivity contribution is -0.121. The molecule has 1 aliphatic rings. The molecule has 0 radical (unpaired) electrons. The van der Waals surface area contributed by atoms with Gasteiger partial charge in [-0.05, 0) is 74.8 Å². The molecule has 1 amide bonds. The summed E-state index contributed by atoms with van der Waals surface area (Å²) in [4.78, 5) is 13.9. The highest BCUT2D eigenvalue weighted by atomic mass is 32.2. The summed E-state index contributed by atoms with van der Waals surface area (Å²) < 4.78 is 0. The van der Waals surface area contributed by atoms with Crippen molar-refractivity contribution < 1.29 is 4.79 Å². The van der Waals surface area contributed by atoms with Gasteiger partial charge < -0.3 is 5.32 Å². The van der Waals surface area contributed by atoms with Gasteiger partial charge in [0.15, 0.2) is 0 Å². The second-order valence-electron chi connectivity index (χ2n) is 7.28. The Labute approximate surface area is 161 Å². The van der Waals surface area contributed by atoms with E-state index in [2.05, 4.69) is 61.6 Å². The Kier molecular flexibility index (Phi) is 6.42. The van der Waals surface area contributed by atoms with Crippen molar-refractivity contribution in [2.24, 2.45) is 0 Å². The fourth-order valence-electron chi connectivity index (χ4n) is 3.55. The molecule has 1 aliphatic carbocycles. The summed E-state index contributed by atoms with van der Waals surface area (Å²) in [6, 6.07) is 15.2. The Balaban J connectivity index is 1.65. The normalized spacial score (nSPS) is 15.8. The van der Waals surface area contributed by atoms with Gasteiger partial charge in [0.1, 0.15) is 0 Å². The lowest BCUT2D eigenvalue weighted by Gasteiger charge is -2.23. The highest BCUT2D eigenvalue weighted by molar-refractivity contribution is 8.00. The monoisotopic (exact) mass is 367 g/mol. The molecule has 2 aromatic rings. The van der Waals surface area contributed by atoms with E-state index in [0.717, 1.165) is 11.3 Å². The number of hydrogen-bond donors (Lipinski definition) is 1. The number of carbonyl (C=O) groups is 1. The maximum atomic E-state index is 12.7. The number of aryl methyl sites for hydroxylation is 3. The van der Waals surface area contributed by atoms with E-state index in [0.29, 0.717) is 0 Å². The van der Waals surface area contributed by atoms with Gasteiger partial charge in [0.25, 0.3) is 0 Å². The third kappa shape index (κ3) is 4.70. The zero-order chi connectivity index (χ0) is 18.5. The van der Waals surface area contributed by atoms with Crippen molar-refractivity contribution >= 4 is 17.7 Å². The van der Waals surface area contributed by atoms with E-state index < -0.39 is 0 Å². The van der Waals surface area contributed by atoms with Crippen molar-refractivity contribution in [3.05, 3.63) is 64.7 Å². The second kappa shape index (κ2) is 8.77. The number of thioether (sulfide) groups is 1. The SMILES string of the molecule is CCC(NC(=O)C(C)Sc1ccc(C)cc1)c1ccc2c(c1)CCCC2. The predicted octanol–water partition coefficient (Wildman–Crippen LogP) is 5.62. The second-order valence-corrected chi connectivity index (χ2v) is 8.69. The zero-order valence-corrected chi connectivity index (χ0v) is 16.9. The van der Waals surface area contributed by atoms with Crippen LogP contribution in [0.4, 0.5) is 0 Å². The molecule has 0 aliphatic heterocycles. The van der Waals surface area contributed by atoms with Crippen molar-refractivity contribution in [2.75, 3.05) is 0 Å². The predicted molar refractivity (Wildman–Crippen MR) is 111 cm³/mol. The summed E-state index contributed by atoms with van der Waals surface area (Å²) in [5.74, 6) is 0.111. The van der Waals surface area contributed by atoms with Crippen LogP contribution in [-0.2, 0) is 17.6 Å². The van der Waals surface area contributed by atoms with Crippen LogP contribution in [0.3, 0.4) is 0 Å². The highest BCUT2D eigenvalue weighted by Crippen LogP contribution is 2.28. The Morgan fingerprint density at radius 1 is 1.08 bits per heavy atom. The molecule has 2 unspecified atom stereocenters. The molecule has 0 bridgehead atoms. The Bertz CT molecular complexity index is 753. The summed E-state index contributed by atoms with van der Waals surface area (Å²) in [5.41, 5.74) is 5.45. The molecule has 0 saturated heterocycles. The van der Waals surface area contributed by atoms with Crippen molar-refractivity contribution in [1.29, 1.82) is 0 Å². The molecule has 2 atom stereocenters. The van der Waals surface area contributed by atoms with Gasteiger partial charge in [-0.3, -0.25) is 4.79 Å². The van der Waals surface area contributed by atoms with Gasteiger partial charge in [-0.1, -0.05) is 42.8 Å². The summed E-state index contributed by atoms with van der Waals surface area (Å²) in [7, 11) is 0. The quantitative estimate of drug-likeness (QED) is 0.671. The average Bonchev–Trinajstić information content (AvgIpc) is 2.67. The number of hydrogen-bond acceptors (Lipinski definition) is 2. The molecular weight excluding hydrogens is 338 g/mol. The number of nitrogens with one attached hydrogen (secondary N) is 1. The number of carbonyl (C=O) groups excluding carboxylic acids is 1. The molecule has 3 heteroatoms. The highest BCUT2D eigenvalue weighted by Gasteiger charge is 2.20. The van der Waals surface area contributed by atoms with Gasteiger partial charge in [-0.25, -0.2) is 0 Å². The van der Waals surface area contributed by atoms with E-state index in [1.807, 2.05) is 6.92 Å². The zero-order valence-electron chi connectivity index (χ0n) is 16.0. The van der Waals surface area contributed by atoms with Crippen molar-refractivity contribution in [3.8, 4) is 0 Å². The van der Waals surface area contributed by atoms with Gasteiger partial charge >= 0.3 is 0 Å². The largest absolute Gasteiger partial charge is 0.348 e. The first-order valence-corrected chi connectivity index (χ1v) is 10.6. The number of fused-ring (bicyclic) bond motifs is 1. The third-order valence-corrected chi connectivity index (χ3v) is 6.31. The minimum Gasteiger partial charge on any atom is -0.348 e. The number of amides is 1. The molecule has 0 saturated carbocycles. The molecule has 2 nitrogen and oxygen atoms in total. The van der Waals surface area contributed by atoms with Crippen LogP contribution in [0.15, 0.2) is 47.4 Å². The summed E-state index contributed by atoms with van der Waals surface area (Å²) in [6.45, 7) is 6.20. The molecule has 0 aromatic heterocycles. The van der Waals surface area contributed by atoms with E-state index in [1.165, 1.54) is 47.9 Å². The first-order valence-electron chi connectivity index (χ1n) is 9.72.